The van der Waals surface area contributed by atoms with Crippen LogP contribution in [0.15, 0.2) is 43.0 Å². The average Bonchev–Trinajstić information content (AvgIpc) is 3.76. The Hall–Kier alpha value is -4.59. The summed E-state index contributed by atoms with van der Waals surface area (Å²) in [7, 11) is 1.60. The molecule has 0 saturated carbocycles. The Morgan fingerprint density at radius 3 is 2.74 bits per heavy atom. The zero-order chi connectivity index (χ0) is 26.8. The third-order valence-corrected chi connectivity index (χ3v) is 7.70. The van der Waals surface area contributed by atoms with E-state index in [1.807, 2.05) is 35.5 Å². The lowest BCUT2D eigenvalue weighted by molar-refractivity contribution is 0.0943. The number of ether oxygens (including phenoxy) is 2. The Labute approximate surface area is 227 Å². The zero-order valence-corrected chi connectivity index (χ0v) is 22.3. The fourth-order valence-electron chi connectivity index (χ4n) is 4.55. The highest BCUT2D eigenvalue weighted by Gasteiger charge is 2.26. The van der Waals surface area contributed by atoms with Crippen molar-refractivity contribution in [3.63, 3.8) is 0 Å². The van der Waals surface area contributed by atoms with Crippen LogP contribution in [0.4, 0.5) is 10.7 Å². The van der Waals surface area contributed by atoms with E-state index in [9.17, 15) is 4.79 Å². The van der Waals surface area contributed by atoms with Crippen LogP contribution >= 0.6 is 11.3 Å². The van der Waals surface area contributed by atoms with Crippen LogP contribution in [-0.4, -0.2) is 84.4 Å². The summed E-state index contributed by atoms with van der Waals surface area (Å²) in [5, 5.41) is 13.9. The second-order valence-corrected chi connectivity index (χ2v) is 9.93. The first-order valence-electron chi connectivity index (χ1n) is 12.5. The molecule has 39 heavy (non-hydrogen) atoms. The third kappa shape index (κ3) is 4.74. The van der Waals surface area contributed by atoms with Crippen LogP contribution in [0.3, 0.4) is 0 Å². The molecule has 6 rings (SSSR count). The molecule has 1 aliphatic heterocycles. The van der Waals surface area contributed by atoms with E-state index >= 15 is 0 Å². The van der Waals surface area contributed by atoms with Crippen molar-refractivity contribution >= 4 is 34.3 Å². The van der Waals surface area contributed by atoms with E-state index in [-0.39, 0.29) is 12.7 Å². The molecule has 0 atom stereocenters. The zero-order valence-electron chi connectivity index (χ0n) is 21.4. The van der Waals surface area contributed by atoms with Gasteiger partial charge in [-0.2, -0.15) is 4.68 Å². The van der Waals surface area contributed by atoms with Gasteiger partial charge in [0, 0.05) is 50.3 Å². The van der Waals surface area contributed by atoms with Crippen LogP contribution in [0.2, 0.25) is 0 Å². The molecule has 14 heteroatoms. The molecule has 5 aromatic rings. The van der Waals surface area contributed by atoms with Gasteiger partial charge in [0.1, 0.15) is 18.1 Å². The van der Waals surface area contributed by atoms with Crippen LogP contribution in [0.1, 0.15) is 17.5 Å². The summed E-state index contributed by atoms with van der Waals surface area (Å²) >= 11 is 1.61. The van der Waals surface area contributed by atoms with Crippen LogP contribution in [0, 0.1) is 0 Å². The minimum Gasteiger partial charge on any atom is -0.494 e. The summed E-state index contributed by atoms with van der Waals surface area (Å²) in [4.78, 5) is 34.3. The summed E-state index contributed by atoms with van der Waals surface area (Å²) in [6.45, 7) is 4.25. The number of nitrogens with zero attached hydrogens (tertiary/aromatic N) is 9. The molecule has 1 fully saturated rings. The lowest BCUT2D eigenvalue weighted by Gasteiger charge is -2.34. The van der Waals surface area contributed by atoms with E-state index in [1.54, 1.807) is 40.4 Å². The number of thiazole rings is 1. The van der Waals surface area contributed by atoms with Crippen molar-refractivity contribution in [1.82, 2.24) is 45.0 Å². The number of rotatable bonds is 7. The van der Waals surface area contributed by atoms with E-state index < -0.39 is 0 Å². The minimum atomic E-state index is -0.378. The smallest absolute Gasteiger partial charge is 0.410 e. The number of hydrogen-bond acceptors (Lipinski definition) is 11. The quantitative estimate of drug-likeness (QED) is 0.324. The molecule has 0 radical (unpaired) electrons. The number of carbonyl (C=O) groups excluding carboxylic acids is 1. The lowest BCUT2D eigenvalue weighted by atomic mass is 10.1. The predicted molar refractivity (Wildman–Crippen MR) is 144 cm³/mol. The number of tetrazole rings is 1. The van der Waals surface area contributed by atoms with Crippen LogP contribution in [-0.2, 0) is 17.8 Å². The molecule has 0 aromatic carbocycles. The first-order valence-corrected chi connectivity index (χ1v) is 13.3. The summed E-state index contributed by atoms with van der Waals surface area (Å²) < 4.78 is 12.9. The number of fused-ring (bicyclic) bond motifs is 1. The maximum Gasteiger partial charge on any atom is 0.410 e. The summed E-state index contributed by atoms with van der Waals surface area (Å²) in [6.07, 6.45) is 7.55. The van der Waals surface area contributed by atoms with Crippen molar-refractivity contribution in [2.24, 2.45) is 0 Å². The molecule has 200 valence electrons. The highest BCUT2D eigenvalue weighted by molar-refractivity contribution is 7.15. The van der Waals surface area contributed by atoms with Gasteiger partial charge in [-0.3, -0.25) is 0 Å². The predicted octanol–water partition coefficient (Wildman–Crippen LogP) is 3.09. The van der Waals surface area contributed by atoms with Gasteiger partial charge < -0.3 is 24.3 Å². The molecule has 0 bridgehead atoms. The molecule has 1 saturated heterocycles. The number of pyridine rings is 2. The molecule has 1 aliphatic rings. The van der Waals surface area contributed by atoms with Gasteiger partial charge in [0.15, 0.2) is 5.82 Å². The highest BCUT2D eigenvalue weighted by atomic mass is 32.1. The Bertz CT molecular complexity index is 1590. The number of aromatic amines is 1. The first kappa shape index (κ1) is 24.7. The number of carbonyl (C=O) groups is 1. The van der Waals surface area contributed by atoms with Gasteiger partial charge in [0.2, 0.25) is 0 Å². The van der Waals surface area contributed by atoms with Crippen molar-refractivity contribution in [2.75, 3.05) is 38.2 Å². The molecule has 1 amide bonds. The average molecular weight is 547 g/mol. The van der Waals surface area contributed by atoms with E-state index in [1.165, 1.54) is 0 Å². The van der Waals surface area contributed by atoms with Crippen molar-refractivity contribution in [2.45, 2.75) is 20.0 Å². The van der Waals surface area contributed by atoms with Gasteiger partial charge >= 0.3 is 6.09 Å². The number of amides is 1. The largest absolute Gasteiger partial charge is 0.494 e. The Balaban J connectivity index is 1.13. The van der Waals surface area contributed by atoms with E-state index in [0.717, 1.165) is 38.5 Å². The fraction of sp³-hybridized carbons (Fsp3) is 0.320. The van der Waals surface area contributed by atoms with Crippen molar-refractivity contribution in [3.05, 3.63) is 53.6 Å². The lowest BCUT2D eigenvalue weighted by Crippen LogP contribution is -2.49. The van der Waals surface area contributed by atoms with Crippen LogP contribution < -0.4 is 9.64 Å². The molecular formula is C25H26N10O3S. The van der Waals surface area contributed by atoms with Gasteiger partial charge in [0.05, 0.1) is 34.1 Å². The second kappa shape index (κ2) is 10.6. The normalized spacial score (nSPS) is 13.7. The topological polar surface area (TPSA) is 140 Å². The van der Waals surface area contributed by atoms with Gasteiger partial charge in [0.25, 0.3) is 5.95 Å². The molecule has 1 N–H and O–H groups in total. The molecule has 0 spiro atoms. The Kier molecular flexibility index (Phi) is 6.75. The van der Waals surface area contributed by atoms with Crippen LogP contribution in [0.25, 0.3) is 27.3 Å². The Morgan fingerprint density at radius 2 is 2.00 bits per heavy atom. The summed E-state index contributed by atoms with van der Waals surface area (Å²) in [6, 6.07) is 5.55. The number of H-pyrrole nitrogens is 1. The fourth-order valence-corrected chi connectivity index (χ4v) is 5.41. The minimum absolute atomic E-state index is 0.0969. The molecule has 0 unspecified atom stereocenters. The van der Waals surface area contributed by atoms with E-state index in [2.05, 4.69) is 42.4 Å². The van der Waals surface area contributed by atoms with Gasteiger partial charge in [-0.15, -0.1) is 11.3 Å². The number of hydrogen-bond donors (Lipinski definition) is 1. The van der Waals surface area contributed by atoms with Gasteiger partial charge in [-0.25, -0.2) is 19.7 Å². The van der Waals surface area contributed by atoms with Crippen molar-refractivity contribution in [3.8, 4) is 22.1 Å². The molecule has 0 aliphatic carbocycles. The number of anilines is 1. The SMILES string of the molecule is CCc1ncc(-c2ncc(OC)c3c(COC(=O)N4CCN(c5nnnn5-c5ccccn5)CC4)c[nH]c23)s1. The number of nitrogens with one attached hydrogen (secondary N) is 1. The number of aromatic nitrogens is 8. The molecule has 6 heterocycles. The van der Waals surface area contributed by atoms with Crippen molar-refractivity contribution < 1.29 is 14.3 Å². The van der Waals surface area contributed by atoms with Crippen LogP contribution in [0.5, 0.6) is 5.75 Å². The van der Waals surface area contributed by atoms with Gasteiger partial charge in [-0.05, 0) is 29.0 Å². The second-order valence-electron chi connectivity index (χ2n) is 8.82. The molecular weight excluding hydrogens is 520 g/mol. The third-order valence-electron chi connectivity index (χ3n) is 6.56. The highest BCUT2D eigenvalue weighted by Crippen LogP contribution is 2.36. The molecule has 5 aromatic heterocycles. The summed E-state index contributed by atoms with van der Waals surface area (Å²) in [5.74, 6) is 1.83. The monoisotopic (exact) mass is 546 g/mol. The summed E-state index contributed by atoms with van der Waals surface area (Å²) in [5.41, 5.74) is 2.43. The van der Waals surface area contributed by atoms with E-state index in [0.29, 0.717) is 43.7 Å². The number of methoxy groups -OCH3 is 1. The number of aryl methyl sites for hydroxylation is 1. The van der Waals surface area contributed by atoms with E-state index in [4.69, 9.17) is 9.47 Å². The van der Waals surface area contributed by atoms with Crippen molar-refractivity contribution in [1.29, 1.82) is 0 Å². The number of piperazine rings is 1. The standard InChI is InChI=1S/C25H26N10O3S/c1-3-20-27-14-18(39-20)22-23-21(17(37-2)13-29-22)16(12-28-23)15-38-25(36)34-10-8-33(9-11-34)24-30-31-32-35(24)19-6-4-5-7-26-19/h4-7,12-14,28H,3,8-11,15H2,1-2H3. The first-order chi connectivity index (χ1) is 19.2. The maximum absolute atomic E-state index is 13.0. The van der Waals surface area contributed by atoms with Gasteiger partial charge in [-0.1, -0.05) is 18.1 Å². The Morgan fingerprint density at radius 1 is 1.13 bits per heavy atom. The molecule has 13 nitrogen and oxygen atoms in total. The maximum atomic E-state index is 13.0.